The molecule has 1 saturated carbocycles. The van der Waals surface area contributed by atoms with Crippen molar-refractivity contribution in [1.29, 1.82) is 0 Å². The van der Waals surface area contributed by atoms with Gasteiger partial charge in [-0.2, -0.15) is 0 Å². The topological polar surface area (TPSA) is 12.0 Å². The van der Waals surface area contributed by atoms with Gasteiger partial charge < -0.3 is 5.32 Å². The minimum absolute atomic E-state index is 0.505. The third-order valence-corrected chi connectivity index (χ3v) is 5.30. The van der Waals surface area contributed by atoms with Crippen molar-refractivity contribution in [3.63, 3.8) is 0 Å². The summed E-state index contributed by atoms with van der Waals surface area (Å²) in [5.74, 6) is 0.636. The number of rotatable bonds is 3. The maximum Gasteiger partial charge on any atom is 0.0648 e. The van der Waals surface area contributed by atoms with E-state index in [4.69, 9.17) is 11.6 Å². The second-order valence-electron chi connectivity index (χ2n) is 5.16. The standard InChI is InChI=1S/C16H14Br2ClN/c17-11-5-6-16(15(19)9-11)20-12-7-10(8-12)13-3-1-2-4-14(13)18/h1-6,9-10,12,20H,7-8H2. The fraction of sp³-hybridized carbons (Fsp3) is 0.250. The summed E-state index contributed by atoms with van der Waals surface area (Å²) in [6, 6.07) is 14.9. The largest absolute Gasteiger partial charge is 0.381 e. The van der Waals surface area contributed by atoms with Crippen LogP contribution in [0.25, 0.3) is 0 Å². The van der Waals surface area contributed by atoms with E-state index in [1.165, 1.54) is 10.0 Å². The number of hydrogen-bond donors (Lipinski definition) is 1. The lowest BCUT2D eigenvalue weighted by atomic mass is 9.76. The molecule has 2 aromatic rings. The molecule has 4 heteroatoms. The van der Waals surface area contributed by atoms with Gasteiger partial charge >= 0.3 is 0 Å². The van der Waals surface area contributed by atoms with Crippen molar-refractivity contribution in [2.75, 3.05) is 5.32 Å². The van der Waals surface area contributed by atoms with Gasteiger partial charge in [-0.05, 0) is 48.6 Å². The Balaban J connectivity index is 1.62. The minimum atomic E-state index is 0.505. The van der Waals surface area contributed by atoms with Crippen molar-refractivity contribution >= 4 is 49.1 Å². The predicted molar refractivity (Wildman–Crippen MR) is 92.7 cm³/mol. The molecule has 1 aliphatic carbocycles. The van der Waals surface area contributed by atoms with Crippen LogP contribution in [-0.4, -0.2) is 6.04 Å². The Morgan fingerprint density at radius 1 is 1.05 bits per heavy atom. The van der Waals surface area contributed by atoms with Crippen LogP contribution in [0.5, 0.6) is 0 Å². The first-order chi connectivity index (χ1) is 9.63. The van der Waals surface area contributed by atoms with Crippen LogP contribution in [0.2, 0.25) is 5.02 Å². The summed E-state index contributed by atoms with van der Waals surface area (Å²) in [5.41, 5.74) is 2.43. The summed E-state index contributed by atoms with van der Waals surface area (Å²) in [4.78, 5) is 0. The highest BCUT2D eigenvalue weighted by Crippen LogP contribution is 2.42. The molecule has 20 heavy (non-hydrogen) atoms. The van der Waals surface area contributed by atoms with Crippen LogP contribution in [0.3, 0.4) is 0 Å². The van der Waals surface area contributed by atoms with E-state index in [0.717, 1.165) is 28.0 Å². The van der Waals surface area contributed by atoms with Gasteiger partial charge in [0.2, 0.25) is 0 Å². The van der Waals surface area contributed by atoms with Gasteiger partial charge in [-0.1, -0.05) is 61.7 Å². The Bertz CT molecular complexity index is 624. The first-order valence-corrected chi connectivity index (χ1v) is 8.56. The number of benzene rings is 2. The molecule has 0 saturated heterocycles. The quantitative estimate of drug-likeness (QED) is 0.627. The lowest BCUT2D eigenvalue weighted by molar-refractivity contribution is 0.373. The van der Waals surface area contributed by atoms with Crippen molar-refractivity contribution in [2.24, 2.45) is 0 Å². The zero-order chi connectivity index (χ0) is 14.1. The monoisotopic (exact) mass is 413 g/mol. The van der Waals surface area contributed by atoms with E-state index in [9.17, 15) is 0 Å². The molecule has 104 valence electrons. The van der Waals surface area contributed by atoms with E-state index in [2.05, 4.69) is 61.4 Å². The van der Waals surface area contributed by atoms with E-state index in [-0.39, 0.29) is 0 Å². The zero-order valence-electron chi connectivity index (χ0n) is 10.7. The lowest BCUT2D eigenvalue weighted by Crippen LogP contribution is -2.34. The fourth-order valence-electron chi connectivity index (χ4n) is 2.62. The SMILES string of the molecule is Clc1cc(Br)ccc1NC1CC(c2ccccc2Br)C1. The average molecular weight is 416 g/mol. The van der Waals surface area contributed by atoms with Gasteiger partial charge in [0.1, 0.15) is 0 Å². The molecular formula is C16H14Br2ClN. The highest BCUT2D eigenvalue weighted by molar-refractivity contribution is 9.10. The molecule has 1 fully saturated rings. The molecule has 1 aliphatic rings. The average Bonchev–Trinajstić information content (AvgIpc) is 2.37. The predicted octanol–water partition coefficient (Wildman–Crippen LogP) is 6.22. The van der Waals surface area contributed by atoms with Crippen LogP contribution in [-0.2, 0) is 0 Å². The van der Waals surface area contributed by atoms with Crippen molar-refractivity contribution in [1.82, 2.24) is 0 Å². The first-order valence-electron chi connectivity index (χ1n) is 6.59. The summed E-state index contributed by atoms with van der Waals surface area (Å²) >= 11 is 13.3. The van der Waals surface area contributed by atoms with Gasteiger partial charge in [0.25, 0.3) is 0 Å². The zero-order valence-corrected chi connectivity index (χ0v) is 14.7. The van der Waals surface area contributed by atoms with Crippen LogP contribution >= 0.6 is 43.5 Å². The molecular weight excluding hydrogens is 401 g/mol. The van der Waals surface area contributed by atoms with Crippen molar-refractivity contribution in [2.45, 2.75) is 24.8 Å². The van der Waals surface area contributed by atoms with E-state index in [0.29, 0.717) is 12.0 Å². The lowest BCUT2D eigenvalue weighted by Gasteiger charge is -2.37. The van der Waals surface area contributed by atoms with Crippen LogP contribution in [0.1, 0.15) is 24.3 Å². The summed E-state index contributed by atoms with van der Waals surface area (Å²) < 4.78 is 2.22. The van der Waals surface area contributed by atoms with Gasteiger partial charge in [0.15, 0.2) is 0 Å². The molecule has 0 aromatic heterocycles. The molecule has 0 atom stereocenters. The van der Waals surface area contributed by atoms with E-state index in [1.807, 2.05) is 18.2 Å². The van der Waals surface area contributed by atoms with Crippen LogP contribution in [0, 0.1) is 0 Å². The molecule has 2 aromatic carbocycles. The molecule has 0 aliphatic heterocycles. The first kappa shape index (κ1) is 14.4. The van der Waals surface area contributed by atoms with E-state index in [1.54, 1.807) is 0 Å². The molecule has 1 N–H and O–H groups in total. The van der Waals surface area contributed by atoms with Crippen molar-refractivity contribution < 1.29 is 0 Å². The highest BCUT2D eigenvalue weighted by Gasteiger charge is 2.31. The summed E-state index contributed by atoms with van der Waals surface area (Å²) in [5, 5.41) is 4.29. The fourth-order valence-corrected chi connectivity index (χ4v) is 3.96. The maximum atomic E-state index is 6.23. The molecule has 1 nitrogen and oxygen atoms in total. The van der Waals surface area contributed by atoms with E-state index >= 15 is 0 Å². The van der Waals surface area contributed by atoms with Gasteiger partial charge in [0, 0.05) is 15.0 Å². The van der Waals surface area contributed by atoms with Crippen LogP contribution in [0.4, 0.5) is 5.69 Å². The number of halogens is 3. The molecule has 0 unspecified atom stereocenters. The van der Waals surface area contributed by atoms with Gasteiger partial charge in [-0.25, -0.2) is 0 Å². The Morgan fingerprint density at radius 2 is 1.80 bits per heavy atom. The van der Waals surface area contributed by atoms with Crippen molar-refractivity contribution in [3.05, 3.63) is 62.0 Å². The minimum Gasteiger partial charge on any atom is -0.381 e. The van der Waals surface area contributed by atoms with E-state index < -0.39 is 0 Å². The second kappa shape index (κ2) is 6.08. The van der Waals surface area contributed by atoms with Crippen LogP contribution in [0.15, 0.2) is 51.4 Å². The normalized spacial score (nSPS) is 21.4. The van der Waals surface area contributed by atoms with Gasteiger partial charge in [-0.15, -0.1) is 0 Å². The Kier molecular flexibility index (Phi) is 4.39. The second-order valence-corrected chi connectivity index (χ2v) is 7.33. The molecule has 0 heterocycles. The smallest absolute Gasteiger partial charge is 0.0648 e. The molecule has 0 bridgehead atoms. The molecule has 0 spiro atoms. The summed E-state index contributed by atoms with van der Waals surface area (Å²) in [6.07, 6.45) is 2.30. The van der Waals surface area contributed by atoms with Crippen LogP contribution < -0.4 is 5.32 Å². The molecule has 0 radical (unpaired) electrons. The Labute approximate surface area is 141 Å². The third-order valence-electron chi connectivity index (χ3n) is 3.77. The summed E-state index contributed by atoms with van der Waals surface area (Å²) in [7, 11) is 0. The third kappa shape index (κ3) is 3.05. The Morgan fingerprint density at radius 3 is 2.50 bits per heavy atom. The van der Waals surface area contributed by atoms with Gasteiger partial charge in [-0.3, -0.25) is 0 Å². The molecule has 3 rings (SSSR count). The highest BCUT2D eigenvalue weighted by atomic mass is 79.9. The Hall–Kier alpha value is -0.510. The summed E-state index contributed by atoms with van der Waals surface area (Å²) in [6.45, 7) is 0. The van der Waals surface area contributed by atoms with Crippen molar-refractivity contribution in [3.8, 4) is 0 Å². The molecule has 0 amide bonds. The number of nitrogens with one attached hydrogen (secondary N) is 1. The number of hydrogen-bond acceptors (Lipinski definition) is 1. The van der Waals surface area contributed by atoms with Gasteiger partial charge in [0.05, 0.1) is 10.7 Å². The number of anilines is 1. The maximum absolute atomic E-state index is 6.23.